The topological polar surface area (TPSA) is 18.5 Å². The smallest absolute Gasteiger partial charge is 0.0535 e. The summed E-state index contributed by atoms with van der Waals surface area (Å²) in [5, 5.41) is 0. The van der Waals surface area contributed by atoms with Gasteiger partial charge >= 0.3 is 0 Å². The Kier molecular flexibility index (Phi) is 10.2. The molecule has 126 valence electrons. The van der Waals surface area contributed by atoms with Crippen molar-refractivity contribution in [3.05, 3.63) is 35.9 Å². The highest BCUT2D eigenvalue weighted by molar-refractivity contribution is 5.19. The largest absolute Gasteiger partial charge is 0.381 e. The van der Waals surface area contributed by atoms with Crippen molar-refractivity contribution in [2.45, 2.75) is 52.9 Å². The van der Waals surface area contributed by atoms with Crippen molar-refractivity contribution in [1.82, 2.24) is 0 Å². The van der Waals surface area contributed by atoms with Gasteiger partial charge in [-0.1, -0.05) is 58.0 Å². The molecule has 0 saturated heterocycles. The molecule has 1 atom stereocenters. The molecular weight excluding hydrogens is 272 g/mol. The van der Waals surface area contributed by atoms with E-state index in [1.165, 1.54) is 5.56 Å². The first-order valence-electron chi connectivity index (χ1n) is 8.80. The van der Waals surface area contributed by atoms with Gasteiger partial charge in [-0.3, -0.25) is 0 Å². The first kappa shape index (κ1) is 19.2. The van der Waals surface area contributed by atoms with E-state index in [1.807, 2.05) is 0 Å². The minimum Gasteiger partial charge on any atom is -0.381 e. The van der Waals surface area contributed by atoms with Crippen molar-refractivity contribution in [1.29, 1.82) is 0 Å². The number of hydrogen-bond donors (Lipinski definition) is 0. The molecule has 1 aromatic carbocycles. The highest BCUT2D eigenvalue weighted by Crippen LogP contribution is 2.20. The molecule has 22 heavy (non-hydrogen) atoms. The number of hydrogen-bond acceptors (Lipinski definition) is 2. The Labute approximate surface area is 137 Å². The summed E-state index contributed by atoms with van der Waals surface area (Å²) in [5.74, 6) is 1.85. The Bertz CT molecular complexity index is 359. The molecule has 1 aromatic rings. The van der Waals surface area contributed by atoms with E-state index in [0.29, 0.717) is 17.8 Å². The highest BCUT2D eigenvalue weighted by atomic mass is 16.5. The van der Waals surface area contributed by atoms with Crippen molar-refractivity contribution in [2.75, 3.05) is 26.4 Å². The molecule has 0 aliphatic rings. The molecular formula is C20H34O2. The van der Waals surface area contributed by atoms with Crippen LogP contribution in [0.5, 0.6) is 0 Å². The predicted molar refractivity (Wildman–Crippen MR) is 94.3 cm³/mol. The summed E-state index contributed by atoms with van der Waals surface area (Å²) in [4.78, 5) is 0. The zero-order valence-corrected chi connectivity index (χ0v) is 14.9. The highest BCUT2D eigenvalue weighted by Gasteiger charge is 2.12. The van der Waals surface area contributed by atoms with Crippen LogP contribution in [0.25, 0.3) is 0 Å². The number of benzene rings is 1. The Morgan fingerprint density at radius 1 is 0.727 bits per heavy atom. The van der Waals surface area contributed by atoms with Crippen LogP contribution in [0.2, 0.25) is 0 Å². The molecule has 0 aromatic heterocycles. The monoisotopic (exact) mass is 306 g/mol. The lowest BCUT2D eigenvalue weighted by atomic mass is 9.97. The molecule has 1 unspecified atom stereocenters. The quantitative estimate of drug-likeness (QED) is 0.489. The van der Waals surface area contributed by atoms with Crippen molar-refractivity contribution in [3.8, 4) is 0 Å². The molecule has 0 spiro atoms. The maximum atomic E-state index is 5.90. The predicted octanol–water partition coefficient (Wildman–Crippen LogP) is 5.29. The van der Waals surface area contributed by atoms with Crippen LogP contribution in [-0.4, -0.2) is 26.4 Å². The molecule has 0 bridgehead atoms. The van der Waals surface area contributed by atoms with Gasteiger partial charge in [0, 0.05) is 25.7 Å². The molecule has 0 fully saturated rings. The Morgan fingerprint density at radius 3 is 1.86 bits per heavy atom. The van der Waals surface area contributed by atoms with Crippen molar-refractivity contribution in [3.63, 3.8) is 0 Å². The van der Waals surface area contributed by atoms with Gasteiger partial charge in [-0.25, -0.2) is 0 Å². The molecule has 0 amide bonds. The van der Waals surface area contributed by atoms with Gasteiger partial charge in [-0.15, -0.1) is 0 Å². The van der Waals surface area contributed by atoms with E-state index < -0.39 is 0 Å². The summed E-state index contributed by atoms with van der Waals surface area (Å²) < 4.78 is 11.7. The molecule has 0 aliphatic carbocycles. The molecule has 0 radical (unpaired) electrons. The maximum absolute atomic E-state index is 5.90. The van der Waals surface area contributed by atoms with Crippen molar-refractivity contribution in [2.24, 2.45) is 11.8 Å². The molecule has 0 N–H and O–H groups in total. The first-order chi connectivity index (χ1) is 10.6. The summed E-state index contributed by atoms with van der Waals surface area (Å²) in [6.45, 7) is 12.3. The fourth-order valence-electron chi connectivity index (χ4n) is 2.26. The van der Waals surface area contributed by atoms with E-state index in [-0.39, 0.29) is 0 Å². The molecule has 1 rings (SSSR count). The van der Waals surface area contributed by atoms with Gasteiger partial charge < -0.3 is 9.47 Å². The fourth-order valence-corrected chi connectivity index (χ4v) is 2.26. The van der Waals surface area contributed by atoms with Gasteiger partial charge in [0.1, 0.15) is 0 Å². The Balaban J connectivity index is 2.35. The van der Waals surface area contributed by atoms with Gasteiger partial charge in [-0.05, 0) is 36.7 Å². The molecule has 2 heteroatoms. The van der Waals surface area contributed by atoms with Crippen molar-refractivity contribution < 1.29 is 9.47 Å². The second-order valence-corrected chi connectivity index (χ2v) is 6.95. The zero-order chi connectivity index (χ0) is 16.2. The average molecular weight is 306 g/mol. The van der Waals surface area contributed by atoms with Crippen LogP contribution in [0.4, 0.5) is 0 Å². The minimum absolute atomic E-state index is 0.437. The molecule has 0 saturated carbocycles. The summed E-state index contributed by atoms with van der Waals surface area (Å²) in [5.41, 5.74) is 1.36. The maximum Gasteiger partial charge on any atom is 0.0535 e. The van der Waals surface area contributed by atoms with E-state index in [0.717, 1.165) is 45.7 Å². The Hall–Kier alpha value is -0.860. The normalized spacial score (nSPS) is 13.0. The van der Waals surface area contributed by atoms with Gasteiger partial charge in [0.2, 0.25) is 0 Å². The summed E-state index contributed by atoms with van der Waals surface area (Å²) in [7, 11) is 0. The van der Waals surface area contributed by atoms with E-state index in [1.54, 1.807) is 0 Å². The lowest BCUT2D eigenvalue weighted by Gasteiger charge is -2.18. The third-order valence-corrected chi connectivity index (χ3v) is 3.88. The first-order valence-corrected chi connectivity index (χ1v) is 8.80. The fraction of sp³-hybridized carbons (Fsp3) is 0.700. The van der Waals surface area contributed by atoms with Gasteiger partial charge in [0.15, 0.2) is 0 Å². The second-order valence-electron chi connectivity index (χ2n) is 6.95. The zero-order valence-electron chi connectivity index (χ0n) is 14.9. The molecule has 2 nitrogen and oxygen atoms in total. The lowest BCUT2D eigenvalue weighted by Crippen LogP contribution is -2.13. The third-order valence-electron chi connectivity index (χ3n) is 3.88. The summed E-state index contributed by atoms with van der Waals surface area (Å²) in [6.07, 6.45) is 3.30. The summed E-state index contributed by atoms with van der Waals surface area (Å²) in [6, 6.07) is 10.7. The van der Waals surface area contributed by atoms with E-state index in [2.05, 4.69) is 58.0 Å². The van der Waals surface area contributed by atoms with Gasteiger partial charge in [0.05, 0.1) is 6.61 Å². The molecule has 0 heterocycles. The number of rotatable bonds is 12. The van der Waals surface area contributed by atoms with E-state index in [4.69, 9.17) is 9.47 Å². The van der Waals surface area contributed by atoms with Crippen LogP contribution < -0.4 is 0 Å². The van der Waals surface area contributed by atoms with E-state index in [9.17, 15) is 0 Å². The second kappa shape index (κ2) is 11.7. The average Bonchev–Trinajstić information content (AvgIpc) is 2.49. The van der Waals surface area contributed by atoms with Crippen LogP contribution >= 0.6 is 0 Å². The van der Waals surface area contributed by atoms with Crippen molar-refractivity contribution >= 4 is 0 Å². The van der Waals surface area contributed by atoms with Crippen LogP contribution in [-0.2, 0) is 9.47 Å². The van der Waals surface area contributed by atoms with Crippen LogP contribution in [0.15, 0.2) is 30.3 Å². The SMILES string of the molecule is CC(C)CCOCCC(COCCC(C)C)c1ccccc1. The standard InChI is InChI=1S/C20H34O2/c1-17(2)10-13-21-15-12-20(16-22-14-11-18(3)4)19-8-6-5-7-9-19/h5-9,17-18,20H,10-16H2,1-4H3. The van der Waals surface area contributed by atoms with Crippen LogP contribution in [0.3, 0.4) is 0 Å². The van der Waals surface area contributed by atoms with Gasteiger partial charge in [0.25, 0.3) is 0 Å². The minimum atomic E-state index is 0.437. The molecule has 0 aliphatic heterocycles. The Morgan fingerprint density at radius 2 is 1.27 bits per heavy atom. The lowest BCUT2D eigenvalue weighted by molar-refractivity contribution is 0.0824. The number of ether oxygens (including phenoxy) is 2. The third kappa shape index (κ3) is 9.22. The van der Waals surface area contributed by atoms with Gasteiger partial charge in [-0.2, -0.15) is 0 Å². The van der Waals surface area contributed by atoms with Crippen LogP contribution in [0.1, 0.15) is 58.4 Å². The van der Waals surface area contributed by atoms with Crippen LogP contribution in [0, 0.1) is 11.8 Å². The van der Waals surface area contributed by atoms with E-state index >= 15 is 0 Å². The summed E-state index contributed by atoms with van der Waals surface area (Å²) >= 11 is 0.